The minimum absolute atomic E-state index is 0.214. The summed E-state index contributed by atoms with van der Waals surface area (Å²) in [7, 11) is 1.37. The van der Waals surface area contributed by atoms with Crippen molar-refractivity contribution < 1.29 is 28.4 Å². The van der Waals surface area contributed by atoms with Gasteiger partial charge in [0.25, 0.3) is 5.91 Å². The summed E-state index contributed by atoms with van der Waals surface area (Å²) in [5.41, 5.74) is 1.78. The molecule has 144 valence electrons. The Balaban J connectivity index is 1.98. The number of rotatable bonds is 6. The van der Waals surface area contributed by atoms with Gasteiger partial charge in [-0.05, 0) is 39.0 Å². The largest absolute Gasteiger partial charge is 0.489 e. The summed E-state index contributed by atoms with van der Waals surface area (Å²) in [4.78, 5) is 35.1. The van der Waals surface area contributed by atoms with E-state index in [1.807, 2.05) is 12.2 Å². The summed E-state index contributed by atoms with van der Waals surface area (Å²) in [5, 5.41) is 8.13. The normalized spacial score (nSPS) is 11.4. The number of aromatic nitrogens is 1. The highest BCUT2D eigenvalue weighted by molar-refractivity contribution is 5.98. The maximum absolute atomic E-state index is 12.2. The van der Waals surface area contributed by atoms with Crippen molar-refractivity contribution in [2.24, 2.45) is 0 Å². The highest BCUT2D eigenvalue weighted by Gasteiger charge is 2.20. The van der Waals surface area contributed by atoms with Crippen LogP contribution in [0.2, 0.25) is 0 Å². The van der Waals surface area contributed by atoms with Crippen LogP contribution in [0.5, 0.6) is 5.75 Å². The number of imide groups is 1. The Bertz CT molecular complexity index is 826. The Morgan fingerprint density at radius 2 is 2.00 bits per heavy atom. The van der Waals surface area contributed by atoms with Crippen molar-refractivity contribution in [2.45, 2.75) is 33.5 Å². The average Bonchev–Trinajstić information content (AvgIpc) is 2.97. The predicted molar refractivity (Wildman–Crippen MR) is 94.2 cm³/mol. The summed E-state index contributed by atoms with van der Waals surface area (Å²) in [6.07, 6.45) is -1.14. The number of amides is 3. The molecule has 2 N–H and O–H groups in total. The molecule has 2 aromatic rings. The first-order valence-electron chi connectivity index (χ1n) is 8.20. The number of aryl methyl sites for hydroxylation is 2. The number of nitrogens with zero attached hydrogens (tertiary/aromatic N) is 1. The lowest BCUT2D eigenvalue weighted by atomic mass is 10.2. The minimum Gasteiger partial charge on any atom is -0.489 e. The van der Waals surface area contributed by atoms with E-state index in [4.69, 9.17) is 14.0 Å². The first-order valence-corrected chi connectivity index (χ1v) is 8.20. The molecule has 0 aliphatic heterocycles. The lowest BCUT2D eigenvalue weighted by molar-refractivity contribution is -0.127. The van der Waals surface area contributed by atoms with Gasteiger partial charge in [0.1, 0.15) is 18.1 Å². The van der Waals surface area contributed by atoms with Crippen molar-refractivity contribution in [3.8, 4) is 5.75 Å². The second-order valence-electron chi connectivity index (χ2n) is 5.74. The van der Waals surface area contributed by atoms with Crippen LogP contribution < -0.4 is 15.4 Å². The molecule has 0 saturated heterocycles. The molecule has 0 saturated carbocycles. The van der Waals surface area contributed by atoms with E-state index < -0.39 is 24.0 Å². The van der Waals surface area contributed by atoms with Gasteiger partial charge in [-0.2, -0.15) is 0 Å². The molecule has 1 heterocycles. The molecule has 1 atom stereocenters. The van der Waals surface area contributed by atoms with E-state index in [2.05, 4.69) is 10.5 Å². The first kappa shape index (κ1) is 20.0. The molecule has 0 unspecified atom stereocenters. The Morgan fingerprint density at radius 3 is 2.63 bits per heavy atom. The zero-order valence-electron chi connectivity index (χ0n) is 15.5. The molecule has 3 amide bonds. The monoisotopic (exact) mass is 375 g/mol. The lowest BCUT2D eigenvalue weighted by Gasteiger charge is -2.13. The topological polar surface area (TPSA) is 120 Å². The Hall–Kier alpha value is -3.36. The molecule has 0 radical (unpaired) electrons. The van der Waals surface area contributed by atoms with Crippen LogP contribution in [-0.4, -0.2) is 36.2 Å². The average molecular weight is 375 g/mol. The Kier molecular flexibility index (Phi) is 6.53. The third kappa shape index (κ3) is 5.30. The Labute approximate surface area is 156 Å². The van der Waals surface area contributed by atoms with Crippen LogP contribution in [0, 0.1) is 13.8 Å². The number of esters is 1. The van der Waals surface area contributed by atoms with Crippen LogP contribution in [-0.2, 0) is 16.1 Å². The lowest BCUT2D eigenvalue weighted by Crippen LogP contribution is -2.43. The molecule has 9 nitrogen and oxygen atoms in total. The summed E-state index contributed by atoms with van der Waals surface area (Å²) < 4.78 is 15.8. The second kappa shape index (κ2) is 8.84. The number of ether oxygens (including phenoxy) is 2. The fourth-order valence-electron chi connectivity index (χ4n) is 2.13. The number of urea groups is 1. The molecule has 0 aliphatic rings. The highest BCUT2D eigenvalue weighted by Crippen LogP contribution is 2.19. The smallest absolute Gasteiger partial charge is 0.339 e. The van der Waals surface area contributed by atoms with E-state index in [0.717, 1.165) is 11.3 Å². The molecular weight excluding hydrogens is 354 g/mol. The van der Waals surface area contributed by atoms with Crippen molar-refractivity contribution in [2.75, 3.05) is 7.05 Å². The maximum Gasteiger partial charge on any atom is 0.339 e. The highest BCUT2D eigenvalue weighted by atomic mass is 16.5. The molecule has 27 heavy (non-hydrogen) atoms. The van der Waals surface area contributed by atoms with E-state index in [1.54, 1.807) is 19.1 Å². The first-order chi connectivity index (χ1) is 12.8. The van der Waals surface area contributed by atoms with Crippen molar-refractivity contribution in [1.82, 2.24) is 15.8 Å². The minimum atomic E-state index is -1.14. The number of carbonyl (C=O) groups excluding carboxylic acids is 3. The van der Waals surface area contributed by atoms with Gasteiger partial charge in [0.05, 0.1) is 16.8 Å². The van der Waals surface area contributed by atoms with Gasteiger partial charge in [-0.3, -0.25) is 10.1 Å². The number of nitrogens with one attached hydrogen (secondary N) is 2. The molecule has 9 heteroatoms. The van der Waals surface area contributed by atoms with Gasteiger partial charge in [0, 0.05) is 7.05 Å². The van der Waals surface area contributed by atoms with Crippen LogP contribution in [0.3, 0.4) is 0 Å². The number of carbonyl (C=O) groups is 3. The number of hydrogen-bond donors (Lipinski definition) is 2. The van der Waals surface area contributed by atoms with Crippen LogP contribution in [0.1, 0.15) is 34.3 Å². The van der Waals surface area contributed by atoms with Gasteiger partial charge < -0.3 is 19.3 Å². The summed E-state index contributed by atoms with van der Waals surface area (Å²) in [5.74, 6) is -0.322. The van der Waals surface area contributed by atoms with Gasteiger partial charge in [0.2, 0.25) is 0 Å². The third-order valence-electron chi connectivity index (χ3n) is 3.75. The fourth-order valence-corrected chi connectivity index (χ4v) is 2.13. The van der Waals surface area contributed by atoms with Crippen molar-refractivity contribution in [3.05, 3.63) is 46.8 Å². The van der Waals surface area contributed by atoms with Crippen LogP contribution >= 0.6 is 0 Å². The molecule has 1 aromatic heterocycles. The van der Waals surface area contributed by atoms with Crippen molar-refractivity contribution in [1.29, 1.82) is 0 Å². The second-order valence-corrected chi connectivity index (χ2v) is 5.74. The van der Waals surface area contributed by atoms with Crippen LogP contribution in [0.25, 0.3) is 0 Å². The SMILES string of the molecule is CNC(=O)NC(=O)[C@@H](C)OC(=O)c1cccc(OCc2c(C)noc2C)c1. The quantitative estimate of drug-likeness (QED) is 0.740. The molecule has 0 bridgehead atoms. The van der Waals surface area contributed by atoms with E-state index in [1.165, 1.54) is 26.1 Å². The third-order valence-corrected chi connectivity index (χ3v) is 3.75. The standard InChI is InChI=1S/C18H21N3O6/c1-10-15(11(2)27-21-10)9-25-14-7-5-6-13(8-14)17(23)26-12(3)16(22)20-18(24)19-4/h5-8,12H,9H2,1-4H3,(H2,19,20,22,24)/t12-/m1/s1. The van der Waals surface area contributed by atoms with Crippen LogP contribution in [0.15, 0.2) is 28.8 Å². The van der Waals surface area contributed by atoms with Crippen molar-refractivity contribution in [3.63, 3.8) is 0 Å². The molecule has 0 aliphatic carbocycles. The molecule has 2 rings (SSSR count). The zero-order valence-corrected chi connectivity index (χ0v) is 15.5. The number of benzene rings is 1. The maximum atomic E-state index is 12.2. The van der Waals surface area contributed by atoms with E-state index in [0.29, 0.717) is 11.5 Å². The summed E-state index contributed by atoms with van der Waals surface area (Å²) >= 11 is 0. The molecule has 0 spiro atoms. The van der Waals surface area contributed by atoms with Gasteiger partial charge in [-0.1, -0.05) is 11.2 Å². The molecule has 0 fully saturated rings. The van der Waals surface area contributed by atoms with E-state index >= 15 is 0 Å². The molecule has 1 aromatic carbocycles. The van der Waals surface area contributed by atoms with Gasteiger partial charge >= 0.3 is 12.0 Å². The van der Waals surface area contributed by atoms with E-state index in [-0.39, 0.29) is 12.2 Å². The zero-order chi connectivity index (χ0) is 20.0. The predicted octanol–water partition coefficient (Wildman–Crippen LogP) is 1.87. The van der Waals surface area contributed by atoms with Crippen LogP contribution in [0.4, 0.5) is 4.79 Å². The van der Waals surface area contributed by atoms with Gasteiger partial charge in [0.15, 0.2) is 6.10 Å². The molecular formula is C18H21N3O6. The van der Waals surface area contributed by atoms with Gasteiger partial charge in [-0.15, -0.1) is 0 Å². The summed E-state index contributed by atoms with van der Waals surface area (Å²) in [6.45, 7) is 5.21. The van der Waals surface area contributed by atoms with E-state index in [9.17, 15) is 14.4 Å². The summed E-state index contributed by atoms with van der Waals surface area (Å²) in [6, 6.07) is 5.68. The number of hydrogen-bond acceptors (Lipinski definition) is 7. The fraction of sp³-hybridized carbons (Fsp3) is 0.333. The van der Waals surface area contributed by atoms with Gasteiger partial charge in [-0.25, -0.2) is 9.59 Å². The van der Waals surface area contributed by atoms with Crippen molar-refractivity contribution >= 4 is 17.9 Å². The Morgan fingerprint density at radius 1 is 1.26 bits per heavy atom.